The van der Waals surface area contributed by atoms with Crippen molar-refractivity contribution >= 4 is 11.5 Å². The van der Waals surface area contributed by atoms with Crippen molar-refractivity contribution in [2.75, 3.05) is 5.73 Å². The second kappa shape index (κ2) is 4.51. The summed E-state index contributed by atoms with van der Waals surface area (Å²) in [5, 5.41) is 0. The lowest BCUT2D eigenvalue weighted by Crippen LogP contribution is -2.12. The Balaban J connectivity index is 2.78. The largest absolute Gasteiger partial charge is 0.396 e. The molecule has 0 amide bonds. The average Bonchev–Trinajstić information content (AvgIpc) is 2.17. The lowest BCUT2D eigenvalue weighted by Gasteiger charge is -2.07. The van der Waals surface area contributed by atoms with Gasteiger partial charge in [0.2, 0.25) is 0 Å². The summed E-state index contributed by atoms with van der Waals surface area (Å²) in [7, 11) is 0. The number of hydrogen-bond acceptors (Lipinski definition) is 2. The van der Waals surface area contributed by atoms with E-state index in [1.54, 1.807) is 0 Å². The number of benzene rings is 1. The van der Waals surface area contributed by atoms with E-state index in [1.807, 2.05) is 0 Å². The lowest BCUT2D eigenvalue weighted by atomic mass is 10.0. The summed E-state index contributed by atoms with van der Waals surface area (Å²) < 4.78 is 48.5. The van der Waals surface area contributed by atoms with Gasteiger partial charge in [0, 0.05) is 12.0 Å². The van der Waals surface area contributed by atoms with E-state index in [0.717, 1.165) is 6.07 Å². The fraction of sp³-hybridized carbons (Fsp3) is 0.300. The second-order valence-corrected chi connectivity index (χ2v) is 3.24. The van der Waals surface area contributed by atoms with Crippen LogP contribution >= 0.6 is 0 Å². The van der Waals surface area contributed by atoms with Gasteiger partial charge in [0.1, 0.15) is 5.82 Å². The molecule has 0 aliphatic heterocycles. The highest BCUT2D eigenvalue weighted by Crippen LogP contribution is 2.24. The van der Waals surface area contributed by atoms with Crippen LogP contribution in [0.5, 0.6) is 0 Å². The molecule has 16 heavy (non-hydrogen) atoms. The van der Waals surface area contributed by atoms with Crippen LogP contribution in [0.1, 0.15) is 23.2 Å². The van der Waals surface area contributed by atoms with Crippen LogP contribution in [0.4, 0.5) is 23.2 Å². The van der Waals surface area contributed by atoms with E-state index < -0.39 is 36.3 Å². The number of alkyl halides is 3. The van der Waals surface area contributed by atoms with Gasteiger partial charge in [0.15, 0.2) is 5.78 Å². The van der Waals surface area contributed by atoms with Gasteiger partial charge in [-0.1, -0.05) is 6.07 Å². The quantitative estimate of drug-likeness (QED) is 0.497. The zero-order valence-electron chi connectivity index (χ0n) is 8.14. The van der Waals surface area contributed by atoms with E-state index in [9.17, 15) is 22.4 Å². The first-order valence-corrected chi connectivity index (χ1v) is 4.45. The maximum atomic E-state index is 12.9. The number of hydrogen-bond donors (Lipinski definition) is 1. The summed E-state index contributed by atoms with van der Waals surface area (Å²) in [4.78, 5) is 11.3. The van der Waals surface area contributed by atoms with Crippen molar-refractivity contribution < 1.29 is 22.4 Å². The molecule has 0 aliphatic carbocycles. The molecule has 6 heteroatoms. The van der Waals surface area contributed by atoms with E-state index in [0.29, 0.717) is 0 Å². The van der Waals surface area contributed by atoms with Crippen molar-refractivity contribution in [3.63, 3.8) is 0 Å². The Bertz CT molecular complexity index is 400. The van der Waals surface area contributed by atoms with Gasteiger partial charge in [-0.15, -0.1) is 0 Å². The fourth-order valence-electron chi connectivity index (χ4n) is 1.17. The third kappa shape index (κ3) is 3.22. The first kappa shape index (κ1) is 12.5. The van der Waals surface area contributed by atoms with E-state index in [1.165, 1.54) is 12.1 Å². The molecule has 0 spiro atoms. The highest BCUT2D eigenvalue weighted by atomic mass is 19.4. The van der Waals surface area contributed by atoms with Gasteiger partial charge in [0.25, 0.3) is 0 Å². The molecule has 0 unspecified atom stereocenters. The van der Waals surface area contributed by atoms with Crippen LogP contribution in [0.2, 0.25) is 0 Å². The smallest absolute Gasteiger partial charge is 0.389 e. The zero-order chi connectivity index (χ0) is 12.3. The topological polar surface area (TPSA) is 43.1 Å². The summed E-state index contributed by atoms with van der Waals surface area (Å²) >= 11 is 0. The van der Waals surface area contributed by atoms with Crippen LogP contribution in [-0.4, -0.2) is 12.0 Å². The number of nitrogen functional groups attached to an aromatic ring is 1. The Hall–Kier alpha value is -1.59. The first-order valence-electron chi connectivity index (χ1n) is 4.45. The summed E-state index contributed by atoms with van der Waals surface area (Å²) in [6, 6.07) is 3.47. The molecule has 2 nitrogen and oxygen atoms in total. The summed E-state index contributed by atoms with van der Waals surface area (Å²) in [6.07, 6.45) is -6.36. The van der Waals surface area contributed by atoms with Crippen LogP contribution in [0.15, 0.2) is 18.2 Å². The van der Waals surface area contributed by atoms with E-state index in [-0.39, 0.29) is 5.56 Å². The molecule has 2 N–H and O–H groups in total. The normalized spacial score (nSPS) is 11.5. The molecule has 1 aromatic carbocycles. The third-order valence-corrected chi connectivity index (χ3v) is 1.99. The molecule has 0 heterocycles. The molecule has 0 radical (unpaired) electrons. The molecular weight excluding hydrogens is 226 g/mol. The van der Waals surface area contributed by atoms with Gasteiger partial charge in [-0.05, 0) is 12.1 Å². The van der Waals surface area contributed by atoms with Crippen LogP contribution < -0.4 is 5.73 Å². The monoisotopic (exact) mass is 235 g/mol. The lowest BCUT2D eigenvalue weighted by molar-refractivity contribution is -0.133. The van der Waals surface area contributed by atoms with Gasteiger partial charge in [0.05, 0.1) is 12.1 Å². The molecule has 0 atom stereocenters. The van der Waals surface area contributed by atoms with Gasteiger partial charge >= 0.3 is 6.18 Å². The predicted octanol–water partition coefficient (Wildman–Crippen LogP) is 2.93. The van der Waals surface area contributed by atoms with Crippen molar-refractivity contribution in [3.05, 3.63) is 29.6 Å². The van der Waals surface area contributed by atoms with E-state index >= 15 is 0 Å². The van der Waals surface area contributed by atoms with E-state index in [2.05, 4.69) is 0 Å². The minimum Gasteiger partial charge on any atom is -0.396 e. The van der Waals surface area contributed by atoms with Crippen LogP contribution in [0, 0.1) is 5.82 Å². The van der Waals surface area contributed by atoms with Crippen LogP contribution in [0.25, 0.3) is 0 Å². The van der Waals surface area contributed by atoms with Crippen LogP contribution in [-0.2, 0) is 0 Å². The maximum Gasteiger partial charge on any atom is 0.389 e. The standard InChI is InChI=1S/C10H9F4NO/c11-7-3-1-2-6(9(7)15)8(16)4-5-10(12,13)14/h1-3H,4-5,15H2. The number of ketones is 1. The number of rotatable bonds is 3. The van der Waals surface area contributed by atoms with Crippen molar-refractivity contribution in [2.45, 2.75) is 19.0 Å². The fourth-order valence-corrected chi connectivity index (χ4v) is 1.17. The number of anilines is 1. The van der Waals surface area contributed by atoms with Gasteiger partial charge in [-0.3, -0.25) is 4.79 Å². The van der Waals surface area contributed by atoms with E-state index in [4.69, 9.17) is 5.73 Å². The minimum atomic E-state index is -4.41. The molecule has 0 bridgehead atoms. The summed E-state index contributed by atoms with van der Waals surface area (Å²) in [5.41, 5.74) is 4.63. The maximum absolute atomic E-state index is 12.9. The SMILES string of the molecule is Nc1c(F)cccc1C(=O)CCC(F)(F)F. The number of carbonyl (C=O) groups is 1. The Morgan fingerprint density at radius 1 is 1.31 bits per heavy atom. The number of nitrogens with two attached hydrogens (primary N) is 1. The molecule has 0 aromatic heterocycles. The minimum absolute atomic E-state index is 0.204. The van der Waals surface area contributed by atoms with Crippen molar-refractivity contribution in [3.8, 4) is 0 Å². The van der Waals surface area contributed by atoms with Crippen molar-refractivity contribution in [1.82, 2.24) is 0 Å². The second-order valence-electron chi connectivity index (χ2n) is 3.24. The summed E-state index contributed by atoms with van der Waals surface area (Å²) in [6.45, 7) is 0. The Morgan fingerprint density at radius 2 is 1.94 bits per heavy atom. The summed E-state index contributed by atoms with van der Waals surface area (Å²) in [5.74, 6) is -1.62. The molecule has 0 fully saturated rings. The number of Topliss-reactive ketones (excluding diaryl/α,β-unsaturated/α-hetero) is 1. The predicted molar refractivity (Wildman–Crippen MR) is 50.4 cm³/mol. The first-order chi connectivity index (χ1) is 7.31. The van der Waals surface area contributed by atoms with Gasteiger partial charge < -0.3 is 5.73 Å². The Labute approximate surface area is 89.1 Å². The zero-order valence-corrected chi connectivity index (χ0v) is 8.14. The molecule has 0 aliphatic rings. The van der Waals surface area contributed by atoms with Crippen LogP contribution in [0.3, 0.4) is 0 Å². The highest BCUT2D eigenvalue weighted by molar-refractivity contribution is 6.00. The highest BCUT2D eigenvalue weighted by Gasteiger charge is 2.28. The molecule has 1 rings (SSSR count). The number of carbonyl (C=O) groups excluding carboxylic acids is 1. The Morgan fingerprint density at radius 3 is 2.50 bits per heavy atom. The van der Waals surface area contributed by atoms with Gasteiger partial charge in [-0.25, -0.2) is 4.39 Å². The average molecular weight is 235 g/mol. The number of halogens is 4. The number of para-hydroxylation sites is 1. The third-order valence-electron chi connectivity index (χ3n) is 1.99. The molecule has 1 aromatic rings. The van der Waals surface area contributed by atoms with Crippen molar-refractivity contribution in [2.24, 2.45) is 0 Å². The van der Waals surface area contributed by atoms with Gasteiger partial charge in [-0.2, -0.15) is 13.2 Å². The Kier molecular flexibility index (Phi) is 3.51. The molecule has 88 valence electrons. The molecule has 0 saturated carbocycles. The molecular formula is C10H9F4NO. The van der Waals surface area contributed by atoms with Crippen molar-refractivity contribution in [1.29, 1.82) is 0 Å². The molecule has 0 saturated heterocycles.